The van der Waals surface area contributed by atoms with Gasteiger partial charge < -0.3 is 14.5 Å². The highest BCUT2D eigenvalue weighted by Gasteiger charge is 2.52. The minimum atomic E-state index is -4.85. The number of rotatable bonds is 0. The van der Waals surface area contributed by atoms with Crippen molar-refractivity contribution in [2.45, 2.75) is 31.1 Å². The summed E-state index contributed by atoms with van der Waals surface area (Å²) in [5.74, 6) is -1.81. The van der Waals surface area contributed by atoms with Crippen LogP contribution in [0.2, 0.25) is 0 Å². The molecule has 2 rings (SSSR count). The third kappa shape index (κ3) is 2.11. The van der Waals surface area contributed by atoms with Gasteiger partial charge in [0, 0.05) is 13.1 Å². The number of hydrogen-bond acceptors (Lipinski definition) is 3. The van der Waals surface area contributed by atoms with Gasteiger partial charge in [0.2, 0.25) is 0 Å². The van der Waals surface area contributed by atoms with Crippen molar-refractivity contribution in [3.05, 3.63) is 0 Å². The van der Waals surface area contributed by atoms with Crippen LogP contribution in [0.5, 0.6) is 0 Å². The number of methoxy groups -OCH3 is 1. The molecular weight excluding hydrogens is 253 g/mol. The summed E-state index contributed by atoms with van der Waals surface area (Å²) in [7, 11) is 1.22. The molecule has 0 aromatic carbocycles. The first-order chi connectivity index (χ1) is 8.34. The number of amides is 2. The second-order valence-corrected chi connectivity index (χ2v) is 4.47. The minimum Gasteiger partial charge on any atom is -0.453 e. The predicted molar refractivity (Wildman–Crippen MR) is 53.7 cm³/mol. The van der Waals surface area contributed by atoms with Gasteiger partial charge in [-0.1, -0.05) is 0 Å². The summed E-state index contributed by atoms with van der Waals surface area (Å²) in [6.45, 7) is 0.204. The zero-order chi connectivity index (χ0) is 13.5. The number of hydrogen-bond donors (Lipinski definition) is 0. The van der Waals surface area contributed by atoms with Crippen LogP contribution in [-0.4, -0.2) is 60.3 Å². The van der Waals surface area contributed by atoms with E-state index in [0.717, 1.165) is 4.90 Å². The summed E-state index contributed by atoms with van der Waals surface area (Å²) in [6.07, 6.45) is -4.44. The molecule has 0 aliphatic carbocycles. The van der Waals surface area contributed by atoms with Crippen molar-refractivity contribution >= 4 is 12.0 Å². The Morgan fingerprint density at radius 1 is 1.17 bits per heavy atom. The molecule has 0 aromatic heterocycles. The van der Waals surface area contributed by atoms with Crippen molar-refractivity contribution in [1.82, 2.24) is 9.80 Å². The van der Waals surface area contributed by atoms with E-state index in [1.54, 1.807) is 0 Å². The predicted octanol–water partition coefficient (Wildman–Crippen LogP) is 0.990. The maximum absolute atomic E-state index is 12.4. The molecule has 2 saturated heterocycles. The van der Waals surface area contributed by atoms with Crippen molar-refractivity contribution in [3.8, 4) is 0 Å². The number of likely N-dealkylation sites (tertiary alicyclic amines) is 1. The molecule has 5 nitrogen and oxygen atoms in total. The number of piperazine rings is 1. The molecule has 2 atom stereocenters. The SMILES string of the molecule is COC(=O)N1CC2CCC(C1)N2C(=O)C(F)(F)F. The first-order valence-electron chi connectivity index (χ1n) is 5.57. The third-order valence-electron chi connectivity index (χ3n) is 3.39. The van der Waals surface area contributed by atoms with Gasteiger partial charge in [0.25, 0.3) is 0 Å². The molecule has 2 heterocycles. The van der Waals surface area contributed by atoms with Crippen molar-refractivity contribution in [2.75, 3.05) is 20.2 Å². The maximum atomic E-state index is 12.4. The van der Waals surface area contributed by atoms with E-state index >= 15 is 0 Å². The summed E-state index contributed by atoms with van der Waals surface area (Å²) in [5, 5.41) is 0. The monoisotopic (exact) mass is 266 g/mol. The van der Waals surface area contributed by atoms with Crippen molar-refractivity contribution in [2.24, 2.45) is 0 Å². The summed E-state index contributed by atoms with van der Waals surface area (Å²) in [6, 6.07) is -1.12. The molecule has 2 bridgehead atoms. The van der Waals surface area contributed by atoms with Gasteiger partial charge in [0.1, 0.15) is 0 Å². The Bertz CT molecular complexity index is 358. The average Bonchev–Trinajstić information content (AvgIpc) is 2.55. The van der Waals surface area contributed by atoms with Crippen LogP contribution < -0.4 is 0 Å². The van der Waals surface area contributed by atoms with Gasteiger partial charge in [-0.05, 0) is 12.8 Å². The molecule has 0 radical (unpaired) electrons. The molecular formula is C10H13F3N2O3. The Morgan fingerprint density at radius 2 is 1.67 bits per heavy atom. The first-order valence-corrected chi connectivity index (χ1v) is 5.57. The van der Waals surface area contributed by atoms with Gasteiger partial charge >= 0.3 is 18.2 Å². The standard InChI is InChI=1S/C10H13F3N2O3/c1-18-9(17)14-4-6-2-3-7(5-14)15(6)8(16)10(11,12)13/h6-7H,2-5H2,1H3. The lowest BCUT2D eigenvalue weighted by atomic mass is 10.2. The van der Waals surface area contributed by atoms with Gasteiger partial charge in [0.15, 0.2) is 0 Å². The van der Waals surface area contributed by atoms with Crippen LogP contribution >= 0.6 is 0 Å². The average molecular weight is 266 g/mol. The second kappa shape index (κ2) is 4.33. The number of halogens is 3. The first kappa shape index (κ1) is 13.0. The Morgan fingerprint density at radius 3 is 2.06 bits per heavy atom. The molecule has 2 aliphatic heterocycles. The van der Waals surface area contributed by atoms with E-state index in [4.69, 9.17) is 0 Å². The third-order valence-corrected chi connectivity index (χ3v) is 3.39. The van der Waals surface area contributed by atoms with Crippen molar-refractivity contribution in [1.29, 1.82) is 0 Å². The Kier molecular flexibility index (Phi) is 3.12. The number of alkyl halides is 3. The fourth-order valence-electron chi connectivity index (χ4n) is 2.66. The number of ether oxygens (including phenoxy) is 1. The van der Waals surface area contributed by atoms with E-state index in [0.29, 0.717) is 12.8 Å². The highest BCUT2D eigenvalue weighted by Crippen LogP contribution is 2.34. The number of carbonyl (C=O) groups is 2. The molecule has 2 fully saturated rings. The van der Waals surface area contributed by atoms with E-state index in [2.05, 4.69) is 4.74 Å². The molecule has 8 heteroatoms. The molecule has 2 aliphatic rings. The summed E-state index contributed by atoms with van der Waals surface area (Å²) in [4.78, 5) is 24.9. The normalized spacial score (nSPS) is 27.3. The molecule has 2 unspecified atom stereocenters. The van der Waals surface area contributed by atoms with Gasteiger partial charge in [-0.25, -0.2) is 4.79 Å². The van der Waals surface area contributed by atoms with Crippen molar-refractivity contribution < 1.29 is 27.5 Å². The summed E-state index contributed by atoms with van der Waals surface area (Å²) < 4.78 is 41.8. The zero-order valence-electron chi connectivity index (χ0n) is 9.74. The molecule has 0 saturated carbocycles. The van der Waals surface area contributed by atoms with Crippen LogP contribution in [0.25, 0.3) is 0 Å². The van der Waals surface area contributed by atoms with E-state index in [-0.39, 0.29) is 13.1 Å². The topological polar surface area (TPSA) is 49.9 Å². The molecule has 0 spiro atoms. The van der Waals surface area contributed by atoms with Crippen LogP contribution in [0, 0.1) is 0 Å². The number of nitrogens with zero attached hydrogens (tertiary/aromatic N) is 2. The quantitative estimate of drug-likeness (QED) is 0.657. The lowest BCUT2D eigenvalue weighted by Crippen LogP contribution is -2.59. The fourth-order valence-corrected chi connectivity index (χ4v) is 2.66. The molecule has 102 valence electrons. The van der Waals surface area contributed by atoms with Gasteiger partial charge in [-0.15, -0.1) is 0 Å². The largest absolute Gasteiger partial charge is 0.471 e. The Balaban J connectivity index is 2.11. The van der Waals surface area contributed by atoms with Crippen LogP contribution in [0.15, 0.2) is 0 Å². The minimum absolute atomic E-state index is 0.102. The van der Waals surface area contributed by atoms with Gasteiger partial charge in [0.05, 0.1) is 19.2 Å². The molecule has 2 amide bonds. The van der Waals surface area contributed by atoms with Crippen LogP contribution in [0.3, 0.4) is 0 Å². The summed E-state index contributed by atoms with van der Waals surface area (Å²) >= 11 is 0. The number of fused-ring (bicyclic) bond motifs is 2. The molecule has 18 heavy (non-hydrogen) atoms. The van der Waals surface area contributed by atoms with E-state index in [9.17, 15) is 22.8 Å². The molecule has 0 N–H and O–H groups in total. The summed E-state index contributed by atoms with van der Waals surface area (Å²) in [5.41, 5.74) is 0. The lowest BCUT2D eigenvalue weighted by molar-refractivity contribution is -0.190. The Labute approximate surface area is 101 Å². The fraction of sp³-hybridized carbons (Fsp3) is 0.800. The van der Waals surface area contributed by atoms with Crippen molar-refractivity contribution in [3.63, 3.8) is 0 Å². The van der Waals surface area contributed by atoms with Gasteiger partial charge in [-0.3, -0.25) is 4.79 Å². The van der Waals surface area contributed by atoms with E-state index in [1.165, 1.54) is 12.0 Å². The van der Waals surface area contributed by atoms with E-state index < -0.39 is 30.3 Å². The van der Waals surface area contributed by atoms with Crippen LogP contribution in [0.4, 0.5) is 18.0 Å². The lowest BCUT2D eigenvalue weighted by Gasteiger charge is -2.40. The Hall–Kier alpha value is -1.47. The van der Waals surface area contributed by atoms with Crippen LogP contribution in [0.1, 0.15) is 12.8 Å². The highest BCUT2D eigenvalue weighted by atomic mass is 19.4. The molecule has 0 aromatic rings. The maximum Gasteiger partial charge on any atom is 0.471 e. The van der Waals surface area contributed by atoms with Crippen LogP contribution in [-0.2, 0) is 9.53 Å². The van der Waals surface area contributed by atoms with E-state index in [1.807, 2.05) is 0 Å². The highest BCUT2D eigenvalue weighted by molar-refractivity contribution is 5.83. The smallest absolute Gasteiger partial charge is 0.453 e. The number of carbonyl (C=O) groups excluding carboxylic acids is 2. The second-order valence-electron chi connectivity index (χ2n) is 4.47. The zero-order valence-corrected chi connectivity index (χ0v) is 9.74. The van der Waals surface area contributed by atoms with Gasteiger partial charge in [-0.2, -0.15) is 13.2 Å².